The van der Waals surface area contributed by atoms with E-state index < -0.39 is 11.4 Å². The van der Waals surface area contributed by atoms with Crippen molar-refractivity contribution in [3.8, 4) is 5.75 Å². The lowest BCUT2D eigenvalue weighted by atomic mass is 9.88. The summed E-state index contributed by atoms with van der Waals surface area (Å²) in [6, 6.07) is 5.06. The predicted molar refractivity (Wildman–Crippen MR) is 51.3 cm³/mol. The Morgan fingerprint density at radius 2 is 2.00 bits per heavy atom. The van der Waals surface area contributed by atoms with Crippen LogP contribution in [-0.4, -0.2) is 16.2 Å². The number of carboxylic acid groups (broad SMARTS) is 1. The van der Waals surface area contributed by atoms with Crippen LogP contribution in [0.15, 0.2) is 18.2 Å². The third-order valence-electron chi connectivity index (χ3n) is 2.87. The lowest BCUT2D eigenvalue weighted by molar-refractivity contribution is -0.147. The molecule has 1 aromatic rings. The summed E-state index contributed by atoms with van der Waals surface area (Å²) in [5, 5.41) is 18.3. The second-order valence-electron chi connectivity index (χ2n) is 4.17. The number of hydrogen-bond donors (Lipinski definition) is 2. The Morgan fingerprint density at radius 3 is 2.64 bits per heavy atom. The van der Waals surface area contributed by atoms with Gasteiger partial charge >= 0.3 is 5.97 Å². The van der Waals surface area contributed by atoms with E-state index >= 15 is 0 Å². The number of aliphatic carboxylic acids is 1. The van der Waals surface area contributed by atoms with Crippen LogP contribution < -0.4 is 0 Å². The van der Waals surface area contributed by atoms with E-state index in [0.29, 0.717) is 12.8 Å². The van der Waals surface area contributed by atoms with E-state index in [9.17, 15) is 9.90 Å². The standard InChI is InChI=1S/C11H12O3/c1-11(10(13)14)5-7-2-3-9(12)4-8(7)6-11/h2-4,12H,5-6H2,1H3,(H,13,14). The van der Waals surface area contributed by atoms with Gasteiger partial charge < -0.3 is 10.2 Å². The summed E-state index contributed by atoms with van der Waals surface area (Å²) >= 11 is 0. The third-order valence-corrected chi connectivity index (χ3v) is 2.87. The molecule has 0 aliphatic heterocycles. The molecule has 0 heterocycles. The van der Waals surface area contributed by atoms with Crippen LogP contribution in [0.1, 0.15) is 18.1 Å². The van der Waals surface area contributed by atoms with Crippen LogP contribution in [-0.2, 0) is 17.6 Å². The van der Waals surface area contributed by atoms with Gasteiger partial charge in [-0.3, -0.25) is 4.79 Å². The predicted octanol–water partition coefficient (Wildman–Crippen LogP) is 1.58. The van der Waals surface area contributed by atoms with Gasteiger partial charge in [-0.05, 0) is 43.0 Å². The Hall–Kier alpha value is -1.51. The Bertz CT molecular complexity index is 398. The quantitative estimate of drug-likeness (QED) is 0.710. The molecule has 1 aromatic carbocycles. The fraction of sp³-hybridized carbons (Fsp3) is 0.364. The van der Waals surface area contributed by atoms with E-state index in [-0.39, 0.29) is 5.75 Å². The average molecular weight is 192 g/mol. The van der Waals surface area contributed by atoms with Crippen molar-refractivity contribution < 1.29 is 15.0 Å². The highest BCUT2D eigenvalue weighted by Crippen LogP contribution is 2.38. The molecule has 1 atom stereocenters. The van der Waals surface area contributed by atoms with Gasteiger partial charge in [-0.25, -0.2) is 0 Å². The maximum atomic E-state index is 11.0. The van der Waals surface area contributed by atoms with Crippen molar-refractivity contribution in [1.29, 1.82) is 0 Å². The lowest BCUT2D eigenvalue weighted by Gasteiger charge is -2.16. The van der Waals surface area contributed by atoms with Crippen LogP contribution in [0, 0.1) is 5.41 Å². The Labute approximate surface area is 82.0 Å². The summed E-state index contributed by atoms with van der Waals surface area (Å²) in [6.07, 6.45) is 1.06. The van der Waals surface area contributed by atoms with E-state index in [1.54, 1.807) is 25.1 Å². The summed E-state index contributed by atoms with van der Waals surface area (Å²) < 4.78 is 0. The zero-order valence-corrected chi connectivity index (χ0v) is 7.95. The molecule has 2 N–H and O–H groups in total. The van der Waals surface area contributed by atoms with Gasteiger partial charge in [-0.1, -0.05) is 6.07 Å². The summed E-state index contributed by atoms with van der Waals surface area (Å²) in [6.45, 7) is 1.74. The zero-order chi connectivity index (χ0) is 10.3. The number of rotatable bonds is 1. The first kappa shape index (κ1) is 9.06. The number of benzene rings is 1. The molecule has 0 amide bonds. The molecule has 0 aromatic heterocycles. The SMILES string of the molecule is CC1(C(=O)O)Cc2ccc(O)cc2C1. The van der Waals surface area contributed by atoms with Crippen LogP contribution in [0.5, 0.6) is 5.75 Å². The molecule has 0 radical (unpaired) electrons. The second kappa shape index (κ2) is 2.74. The molecule has 0 saturated carbocycles. The first-order chi connectivity index (χ1) is 6.51. The number of phenols is 1. The third kappa shape index (κ3) is 1.25. The molecule has 1 unspecified atom stereocenters. The maximum Gasteiger partial charge on any atom is 0.310 e. The first-order valence-corrected chi connectivity index (χ1v) is 4.55. The van der Waals surface area contributed by atoms with Gasteiger partial charge in [-0.2, -0.15) is 0 Å². The number of fused-ring (bicyclic) bond motifs is 1. The van der Waals surface area contributed by atoms with Crippen molar-refractivity contribution in [3.05, 3.63) is 29.3 Å². The summed E-state index contributed by atoms with van der Waals surface area (Å²) in [7, 11) is 0. The summed E-state index contributed by atoms with van der Waals surface area (Å²) in [4.78, 5) is 11.0. The summed E-state index contributed by atoms with van der Waals surface area (Å²) in [5.41, 5.74) is 1.29. The molecular weight excluding hydrogens is 180 g/mol. The van der Waals surface area contributed by atoms with E-state index in [2.05, 4.69) is 0 Å². The van der Waals surface area contributed by atoms with Crippen LogP contribution in [0.25, 0.3) is 0 Å². The van der Waals surface area contributed by atoms with E-state index in [1.165, 1.54) is 0 Å². The van der Waals surface area contributed by atoms with E-state index in [4.69, 9.17) is 5.11 Å². The van der Waals surface area contributed by atoms with Crippen molar-refractivity contribution >= 4 is 5.97 Å². The molecule has 0 spiro atoms. The van der Waals surface area contributed by atoms with Crippen molar-refractivity contribution in [2.75, 3.05) is 0 Å². The van der Waals surface area contributed by atoms with Gasteiger partial charge in [0.25, 0.3) is 0 Å². The summed E-state index contributed by atoms with van der Waals surface area (Å²) in [5.74, 6) is -0.563. The molecule has 0 fully saturated rings. The van der Waals surface area contributed by atoms with Gasteiger partial charge in [0.05, 0.1) is 5.41 Å². The minimum atomic E-state index is -0.770. The maximum absolute atomic E-state index is 11.0. The number of phenolic OH excluding ortho intramolecular Hbond substituents is 1. The molecule has 3 nitrogen and oxygen atoms in total. The number of hydrogen-bond acceptors (Lipinski definition) is 2. The van der Waals surface area contributed by atoms with Gasteiger partial charge in [0.2, 0.25) is 0 Å². The topological polar surface area (TPSA) is 57.5 Å². The fourth-order valence-electron chi connectivity index (χ4n) is 2.00. The van der Waals surface area contributed by atoms with Gasteiger partial charge in [0.15, 0.2) is 0 Å². The number of carboxylic acids is 1. The van der Waals surface area contributed by atoms with Gasteiger partial charge in [0, 0.05) is 0 Å². The monoisotopic (exact) mass is 192 g/mol. The second-order valence-corrected chi connectivity index (χ2v) is 4.17. The molecular formula is C11H12O3. The first-order valence-electron chi connectivity index (χ1n) is 4.55. The highest BCUT2D eigenvalue weighted by molar-refractivity contribution is 5.76. The molecule has 1 aliphatic carbocycles. The van der Waals surface area contributed by atoms with Crippen LogP contribution in [0.3, 0.4) is 0 Å². The van der Waals surface area contributed by atoms with Crippen LogP contribution in [0.4, 0.5) is 0 Å². The van der Waals surface area contributed by atoms with Crippen molar-refractivity contribution in [2.45, 2.75) is 19.8 Å². The van der Waals surface area contributed by atoms with Crippen molar-refractivity contribution in [1.82, 2.24) is 0 Å². The minimum absolute atomic E-state index is 0.207. The van der Waals surface area contributed by atoms with Gasteiger partial charge in [-0.15, -0.1) is 0 Å². The Morgan fingerprint density at radius 1 is 1.36 bits per heavy atom. The van der Waals surface area contributed by atoms with Gasteiger partial charge in [0.1, 0.15) is 5.75 Å². The molecule has 2 rings (SSSR count). The highest BCUT2D eigenvalue weighted by atomic mass is 16.4. The minimum Gasteiger partial charge on any atom is -0.508 e. The van der Waals surface area contributed by atoms with Crippen LogP contribution >= 0.6 is 0 Å². The normalized spacial score (nSPS) is 24.6. The van der Waals surface area contributed by atoms with E-state index in [1.807, 2.05) is 0 Å². The lowest BCUT2D eigenvalue weighted by Crippen LogP contribution is -2.27. The highest BCUT2D eigenvalue weighted by Gasteiger charge is 2.39. The molecule has 0 saturated heterocycles. The van der Waals surface area contributed by atoms with Crippen LogP contribution in [0.2, 0.25) is 0 Å². The largest absolute Gasteiger partial charge is 0.508 e. The molecule has 0 bridgehead atoms. The fourth-order valence-corrected chi connectivity index (χ4v) is 2.00. The molecule has 1 aliphatic rings. The van der Waals surface area contributed by atoms with E-state index in [0.717, 1.165) is 11.1 Å². The zero-order valence-electron chi connectivity index (χ0n) is 7.95. The van der Waals surface area contributed by atoms with Crippen molar-refractivity contribution in [3.63, 3.8) is 0 Å². The number of aromatic hydroxyl groups is 1. The molecule has 3 heteroatoms. The Kier molecular flexibility index (Phi) is 1.77. The molecule has 74 valence electrons. The average Bonchev–Trinajstić information content (AvgIpc) is 2.42. The van der Waals surface area contributed by atoms with Crippen molar-refractivity contribution in [2.24, 2.45) is 5.41 Å². The molecule has 14 heavy (non-hydrogen) atoms. The Balaban J connectivity index is 2.39. The number of carbonyl (C=O) groups is 1. The smallest absolute Gasteiger partial charge is 0.310 e.